The molecule has 0 spiro atoms. The first kappa shape index (κ1) is 20.5. The maximum absolute atomic E-state index is 12.5. The molecule has 0 saturated heterocycles. The van der Waals surface area contributed by atoms with Gasteiger partial charge in [-0.25, -0.2) is 0 Å². The van der Waals surface area contributed by atoms with E-state index >= 15 is 0 Å². The Kier molecular flexibility index (Phi) is 7.70. The molecule has 0 atom stereocenters. The molecule has 0 aromatic heterocycles. The molecule has 3 rings (SSSR count). The Hall–Kier alpha value is -3.27. The molecule has 150 valence electrons. The molecule has 1 N–H and O–H groups in total. The van der Waals surface area contributed by atoms with Crippen molar-refractivity contribution in [2.75, 3.05) is 18.5 Å². The van der Waals surface area contributed by atoms with E-state index in [-0.39, 0.29) is 5.91 Å². The summed E-state index contributed by atoms with van der Waals surface area (Å²) in [4.78, 5) is 12.5. The summed E-state index contributed by atoms with van der Waals surface area (Å²) in [7, 11) is 0. The van der Waals surface area contributed by atoms with Crippen molar-refractivity contribution in [1.29, 1.82) is 0 Å². The van der Waals surface area contributed by atoms with E-state index < -0.39 is 0 Å². The second-order valence-electron chi connectivity index (χ2n) is 6.71. The van der Waals surface area contributed by atoms with Gasteiger partial charge in [-0.1, -0.05) is 43.3 Å². The van der Waals surface area contributed by atoms with Crippen LogP contribution in [0.5, 0.6) is 11.5 Å². The molecule has 0 aliphatic heterocycles. The van der Waals surface area contributed by atoms with Crippen LogP contribution in [0, 0.1) is 0 Å². The standard InChI is InChI=1S/C25H27NO3/c1-2-20-10-6-7-13-24(20)26-25(27)21-14-16-23(17-15-21)29-19-9-8-18-28-22-11-4-3-5-12-22/h3-7,10-17H,2,8-9,18-19H2,1H3,(H,26,27). The Bertz CT molecular complexity index is 891. The molecule has 3 aromatic carbocycles. The summed E-state index contributed by atoms with van der Waals surface area (Å²) >= 11 is 0. The summed E-state index contributed by atoms with van der Waals surface area (Å²) in [6, 6.07) is 24.9. The van der Waals surface area contributed by atoms with Crippen molar-refractivity contribution in [3.8, 4) is 11.5 Å². The molecule has 0 heterocycles. The molecule has 0 saturated carbocycles. The minimum atomic E-state index is -0.115. The molecule has 0 unspecified atom stereocenters. The minimum Gasteiger partial charge on any atom is -0.494 e. The lowest BCUT2D eigenvalue weighted by Crippen LogP contribution is -2.13. The normalized spacial score (nSPS) is 10.4. The van der Waals surface area contributed by atoms with Crippen molar-refractivity contribution in [2.24, 2.45) is 0 Å². The summed E-state index contributed by atoms with van der Waals surface area (Å²) in [6.45, 7) is 3.37. The van der Waals surface area contributed by atoms with E-state index in [2.05, 4.69) is 12.2 Å². The first-order chi connectivity index (χ1) is 14.3. The van der Waals surface area contributed by atoms with Gasteiger partial charge in [-0.15, -0.1) is 0 Å². The summed E-state index contributed by atoms with van der Waals surface area (Å²) < 4.78 is 11.4. The number of rotatable bonds is 10. The van der Waals surface area contributed by atoms with Crippen LogP contribution < -0.4 is 14.8 Å². The SMILES string of the molecule is CCc1ccccc1NC(=O)c1ccc(OCCCCOc2ccccc2)cc1. The average Bonchev–Trinajstić information content (AvgIpc) is 2.77. The predicted molar refractivity (Wildman–Crippen MR) is 117 cm³/mol. The molecule has 0 fully saturated rings. The number of hydrogen-bond acceptors (Lipinski definition) is 3. The Morgan fingerprint density at radius 2 is 1.34 bits per heavy atom. The number of amides is 1. The molecule has 0 radical (unpaired) electrons. The maximum atomic E-state index is 12.5. The number of nitrogens with one attached hydrogen (secondary N) is 1. The molecule has 29 heavy (non-hydrogen) atoms. The van der Waals surface area contributed by atoms with E-state index in [1.54, 1.807) is 12.1 Å². The van der Waals surface area contributed by atoms with Crippen LogP contribution >= 0.6 is 0 Å². The Morgan fingerprint density at radius 3 is 2.00 bits per heavy atom. The smallest absolute Gasteiger partial charge is 0.255 e. The van der Waals surface area contributed by atoms with Crippen LogP contribution in [0.2, 0.25) is 0 Å². The Balaban J connectivity index is 1.40. The van der Waals surface area contributed by atoms with Gasteiger partial charge in [0.1, 0.15) is 11.5 Å². The third-order valence-corrected chi connectivity index (χ3v) is 4.58. The van der Waals surface area contributed by atoms with Gasteiger partial charge in [0.2, 0.25) is 0 Å². The zero-order chi connectivity index (χ0) is 20.3. The monoisotopic (exact) mass is 389 g/mol. The highest BCUT2D eigenvalue weighted by Gasteiger charge is 2.08. The summed E-state index contributed by atoms with van der Waals surface area (Å²) in [5.74, 6) is 1.54. The lowest BCUT2D eigenvalue weighted by Gasteiger charge is -2.10. The molecule has 0 bridgehead atoms. The van der Waals surface area contributed by atoms with Gasteiger partial charge in [-0.3, -0.25) is 4.79 Å². The van der Waals surface area contributed by atoms with E-state index in [1.807, 2.05) is 66.7 Å². The van der Waals surface area contributed by atoms with E-state index in [0.29, 0.717) is 18.8 Å². The van der Waals surface area contributed by atoms with E-state index in [1.165, 1.54) is 0 Å². The number of hydrogen-bond donors (Lipinski definition) is 1. The number of carbonyl (C=O) groups excluding carboxylic acids is 1. The van der Waals surface area contributed by atoms with E-state index in [9.17, 15) is 4.79 Å². The van der Waals surface area contributed by atoms with Crippen LogP contribution in [0.3, 0.4) is 0 Å². The fourth-order valence-electron chi connectivity index (χ4n) is 2.95. The van der Waals surface area contributed by atoms with Gasteiger partial charge in [-0.05, 0) is 67.3 Å². The number of ether oxygens (including phenoxy) is 2. The topological polar surface area (TPSA) is 47.6 Å². The second kappa shape index (κ2) is 10.9. The third kappa shape index (κ3) is 6.39. The fourth-order valence-corrected chi connectivity index (χ4v) is 2.95. The van der Waals surface area contributed by atoms with Gasteiger partial charge >= 0.3 is 0 Å². The molecular weight excluding hydrogens is 362 g/mol. The van der Waals surface area contributed by atoms with Crippen LogP contribution in [0.1, 0.15) is 35.7 Å². The second-order valence-corrected chi connectivity index (χ2v) is 6.71. The average molecular weight is 389 g/mol. The zero-order valence-corrected chi connectivity index (χ0v) is 16.8. The number of unbranched alkanes of at least 4 members (excludes halogenated alkanes) is 1. The van der Waals surface area contributed by atoms with Crippen molar-refractivity contribution in [3.05, 3.63) is 90.0 Å². The number of carbonyl (C=O) groups is 1. The van der Waals surface area contributed by atoms with Crippen LogP contribution in [0.25, 0.3) is 0 Å². The van der Waals surface area contributed by atoms with Crippen molar-refractivity contribution in [2.45, 2.75) is 26.2 Å². The summed E-state index contributed by atoms with van der Waals surface area (Å²) in [6.07, 6.45) is 2.70. The lowest BCUT2D eigenvalue weighted by molar-refractivity contribution is 0.102. The molecule has 0 aliphatic carbocycles. The zero-order valence-electron chi connectivity index (χ0n) is 16.8. The number of aryl methyl sites for hydroxylation is 1. The van der Waals surface area contributed by atoms with Crippen LogP contribution in [0.4, 0.5) is 5.69 Å². The summed E-state index contributed by atoms with van der Waals surface area (Å²) in [5, 5.41) is 2.98. The van der Waals surface area contributed by atoms with E-state index in [4.69, 9.17) is 9.47 Å². The third-order valence-electron chi connectivity index (χ3n) is 4.58. The molecular formula is C25H27NO3. The molecule has 0 aliphatic rings. The van der Waals surface area contributed by atoms with Gasteiger partial charge in [-0.2, -0.15) is 0 Å². The fraction of sp³-hybridized carbons (Fsp3) is 0.240. The van der Waals surface area contributed by atoms with Crippen molar-refractivity contribution >= 4 is 11.6 Å². The van der Waals surface area contributed by atoms with Gasteiger partial charge < -0.3 is 14.8 Å². The molecule has 3 aromatic rings. The number of para-hydroxylation sites is 2. The highest BCUT2D eigenvalue weighted by Crippen LogP contribution is 2.18. The molecule has 4 heteroatoms. The molecule has 1 amide bonds. The van der Waals surface area contributed by atoms with E-state index in [0.717, 1.165) is 42.0 Å². The van der Waals surface area contributed by atoms with Crippen LogP contribution in [-0.4, -0.2) is 19.1 Å². The van der Waals surface area contributed by atoms with Crippen molar-refractivity contribution in [1.82, 2.24) is 0 Å². The maximum Gasteiger partial charge on any atom is 0.255 e. The Morgan fingerprint density at radius 1 is 0.759 bits per heavy atom. The number of benzene rings is 3. The first-order valence-corrected chi connectivity index (χ1v) is 10.1. The van der Waals surface area contributed by atoms with Gasteiger partial charge in [0.05, 0.1) is 13.2 Å². The highest BCUT2D eigenvalue weighted by atomic mass is 16.5. The van der Waals surface area contributed by atoms with Crippen molar-refractivity contribution in [3.63, 3.8) is 0 Å². The Labute approximate surface area is 172 Å². The van der Waals surface area contributed by atoms with Gasteiger partial charge in [0.15, 0.2) is 0 Å². The quantitative estimate of drug-likeness (QED) is 0.450. The summed E-state index contributed by atoms with van der Waals surface area (Å²) in [5.41, 5.74) is 2.59. The first-order valence-electron chi connectivity index (χ1n) is 10.1. The minimum absolute atomic E-state index is 0.115. The van der Waals surface area contributed by atoms with Crippen LogP contribution in [-0.2, 0) is 6.42 Å². The van der Waals surface area contributed by atoms with Gasteiger partial charge in [0, 0.05) is 11.3 Å². The molecule has 4 nitrogen and oxygen atoms in total. The largest absolute Gasteiger partial charge is 0.494 e. The van der Waals surface area contributed by atoms with Gasteiger partial charge in [0.25, 0.3) is 5.91 Å². The van der Waals surface area contributed by atoms with Crippen LogP contribution in [0.15, 0.2) is 78.9 Å². The highest BCUT2D eigenvalue weighted by molar-refractivity contribution is 6.04. The van der Waals surface area contributed by atoms with Crippen molar-refractivity contribution < 1.29 is 14.3 Å². The number of anilines is 1. The lowest BCUT2D eigenvalue weighted by atomic mass is 10.1. The predicted octanol–water partition coefficient (Wildman–Crippen LogP) is 5.74.